The lowest BCUT2D eigenvalue weighted by atomic mass is 10.2. The number of sulfonamides is 1. The Morgan fingerprint density at radius 1 is 1.05 bits per heavy atom. The Hall–Kier alpha value is -3.11. The van der Waals surface area contributed by atoms with E-state index in [1.165, 1.54) is 18.2 Å². The van der Waals surface area contributed by atoms with Crippen molar-refractivity contribution in [2.45, 2.75) is 44.1 Å². The first-order valence-corrected chi connectivity index (χ1v) is 14.4. The van der Waals surface area contributed by atoms with Crippen LogP contribution in [0.5, 0.6) is 0 Å². The number of halogens is 2. The molecule has 2 heterocycles. The topological polar surface area (TPSA) is 102 Å². The van der Waals surface area contributed by atoms with Gasteiger partial charge in [-0.25, -0.2) is 13.4 Å². The van der Waals surface area contributed by atoms with Gasteiger partial charge in [0, 0.05) is 34.4 Å². The number of anilines is 1. The molecule has 0 atom stereocenters. The van der Waals surface area contributed by atoms with Crippen LogP contribution in [0.2, 0.25) is 10.0 Å². The van der Waals surface area contributed by atoms with E-state index in [0.717, 1.165) is 27.2 Å². The van der Waals surface area contributed by atoms with Gasteiger partial charge in [0.05, 0.1) is 16.1 Å². The summed E-state index contributed by atoms with van der Waals surface area (Å²) in [7, 11) is -4.25. The predicted octanol–water partition coefficient (Wildman–Crippen LogP) is 5.79. The van der Waals surface area contributed by atoms with E-state index in [2.05, 4.69) is 4.98 Å². The van der Waals surface area contributed by atoms with Gasteiger partial charge in [-0.05, 0) is 87.7 Å². The molecule has 0 saturated carbocycles. The number of benzene rings is 2. The number of aryl methyl sites for hydroxylation is 1. The molecular weight excluding hydrogens is 561 g/mol. The average Bonchev–Trinajstić information content (AvgIpc) is 3.28. The van der Waals surface area contributed by atoms with E-state index in [1.54, 1.807) is 45.2 Å². The maximum atomic E-state index is 13.8. The van der Waals surface area contributed by atoms with Crippen LogP contribution in [0.25, 0.3) is 16.7 Å². The molecule has 2 aromatic heterocycles. The lowest BCUT2D eigenvalue weighted by Crippen LogP contribution is -2.39. The molecule has 0 amide bonds. The Balaban J connectivity index is 1.74. The third-order valence-electron chi connectivity index (χ3n) is 5.76. The fraction of sp³-hybridized carbons (Fsp3) is 0.286. The number of carbonyl (C=O) groups excluding carboxylic acids is 1. The molecule has 0 radical (unpaired) electrons. The molecule has 0 aliphatic heterocycles. The third kappa shape index (κ3) is 6.91. The van der Waals surface area contributed by atoms with Gasteiger partial charge in [0.15, 0.2) is 0 Å². The Kier molecular flexibility index (Phi) is 8.56. The van der Waals surface area contributed by atoms with Crippen molar-refractivity contribution in [3.8, 4) is 5.82 Å². The number of esters is 1. The Bertz CT molecular complexity index is 1580. The van der Waals surface area contributed by atoms with E-state index < -0.39 is 28.1 Å². The number of hydrogen-bond donors (Lipinski definition) is 1. The summed E-state index contributed by atoms with van der Waals surface area (Å²) in [5, 5.41) is 10.1. The maximum Gasteiger partial charge on any atom is 0.327 e. The van der Waals surface area contributed by atoms with Gasteiger partial charge in [-0.2, -0.15) is 0 Å². The minimum atomic E-state index is -4.25. The number of nitrogens with zero attached hydrogens (tertiary/aromatic N) is 3. The predicted molar refractivity (Wildman–Crippen MR) is 153 cm³/mol. The van der Waals surface area contributed by atoms with Crippen LogP contribution in [-0.4, -0.2) is 47.8 Å². The average molecular weight is 591 g/mol. The lowest BCUT2D eigenvalue weighted by molar-refractivity contribution is -0.152. The molecular formula is C28H29Cl2N3O5S. The largest absolute Gasteiger partial charge is 0.459 e. The van der Waals surface area contributed by atoms with Gasteiger partial charge in [-0.1, -0.05) is 29.3 Å². The van der Waals surface area contributed by atoms with Gasteiger partial charge in [-0.3, -0.25) is 9.10 Å². The molecule has 4 aromatic rings. The fourth-order valence-electron chi connectivity index (χ4n) is 4.09. The van der Waals surface area contributed by atoms with Crippen molar-refractivity contribution < 1.29 is 23.1 Å². The highest BCUT2D eigenvalue weighted by Gasteiger charge is 2.30. The SMILES string of the molecule is CC(C)(C)OC(=O)CN(c1ccc2c(ccn2-c2ccc(CCCO)cn2)c1)S(=O)(=O)c1cc(Cl)cc(Cl)c1. The first-order chi connectivity index (χ1) is 18.4. The van der Waals surface area contributed by atoms with E-state index in [0.29, 0.717) is 12.2 Å². The third-order valence-corrected chi connectivity index (χ3v) is 7.95. The zero-order valence-corrected chi connectivity index (χ0v) is 24.1. The lowest BCUT2D eigenvalue weighted by Gasteiger charge is -2.26. The van der Waals surface area contributed by atoms with Crippen LogP contribution in [0.4, 0.5) is 5.69 Å². The van der Waals surface area contributed by atoms with Gasteiger partial charge in [-0.15, -0.1) is 0 Å². The zero-order valence-electron chi connectivity index (χ0n) is 21.8. The molecule has 11 heteroatoms. The van der Waals surface area contributed by atoms with Gasteiger partial charge < -0.3 is 14.4 Å². The molecule has 0 aliphatic carbocycles. The second-order valence-electron chi connectivity index (χ2n) is 9.98. The van der Waals surface area contributed by atoms with Crippen molar-refractivity contribution in [3.63, 3.8) is 0 Å². The molecule has 4 rings (SSSR count). The summed E-state index contributed by atoms with van der Waals surface area (Å²) >= 11 is 12.2. The standard InChI is InChI=1S/C28H29Cl2N3O5S/c1-28(2,3)38-27(35)18-33(39(36,37)24-15-21(29)14-22(30)16-24)23-7-8-25-20(13-23)10-11-32(25)26-9-6-19(17-31-26)5-4-12-34/h6-11,13-17,34H,4-5,12,18H2,1-3H3. The van der Waals surface area contributed by atoms with Crippen LogP contribution in [0.3, 0.4) is 0 Å². The first-order valence-electron chi connectivity index (χ1n) is 12.3. The van der Waals surface area contributed by atoms with Crippen LogP contribution in [-0.2, 0) is 26.0 Å². The maximum absolute atomic E-state index is 13.8. The quantitative estimate of drug-likeness (QED) is 0.248. The van der Waals surface area contributed by atoms with Crippen molar-refractivity contribution >= 4 is 55.8 Å². The Morgan fingerprint density at radius 2 is 1.77 bits per heavy atom. The number of aliphatic hydroxyl groups excluding tert-OH is 1. The molecule has 2 aromatic carbocycles. The van der Waals surface area contributed by atoms with Gasteiger partial charge in [0.1, 0.15) is 18.0 Å². The summed E-state index contributed by atoms with van der Waals surface area (Å²) in [6.07, 6.45) is 5.02. The van der Waals surface area contributed by atoms with E-state index >= 15 is 0 Å². The molecule has 8 nitrogen and oxygen atoms in total. The highest BCUT2D eigenvalue weighted by Crippen LogP contribution is 2.31. The van der Waals surface area contributed by atoms with Crippen molar-refractivity contribution in [3.05, 3.63) is 82.6 Å². The summed E-state index contributed by atoms with van der Waals surface area (Å²) in [5.74, 6) is -0.0142. The van der Waals surface area contributed by atoms with Crippen molar-refractivity contribution in [2.75, 3.05) is 17.5 Å². The molecule has 0 saturated heterocycles. The smallest absolute Gasteiger partial charge is 0.327 e. The zero-order chi connectivity index (χ0) is 28.4. The van der Waals surface area contributed by atoms with Crippen LogP contribution < -0.4 is 4.31 Å². The number of pyridine rings is 1. The molecule has 206 valence electrons. The summed E-state index contributed by atoms with van der Waals surface area (Å²) < 4.78 is 35.9. The van der Waals surface area contributed by atoms with E-state index in [1.807, 2.05) is 29.0 Å². The summed E-state index contributed by atoms with van der Waals surface area (Å²) in [5.41, 5.74) is 1.30. The molecule has 0 bridgehead atoms. The van der Waals surface area contributed by atoms with Gasteiger partial charge >= 0.3 is 5.97 Å². The van der Waals surface area contributed by atoms with Gasteiger partial charge in [0.2, 0.25) is 0 Å². The minimum Gasteiger partial charge on any atom is -0.459 e. The monoisotopic (exact) mass is 589 g/mol. The number of fused-ring (bicyclic) bond motifs is 1. The second kappa shape index (κ2) is 11.6. The van der Waals surface area contributed by atoms with E-state index in [9.17, 15) is 13.2 Å². The van der Waals surface area contributed by atoms with Crippen molar-refractivity contribution in [2.24, 2.45) is 0 Å². The molecule has 0 aliphatic rings. The first kappa shape index (κ1) is 28.9. The minimum absolute atomic E-state index is 0.122. The second-order valence-corrected chi connectivity index (χ2v) is 12.7. The molecule has 0 fully saturated rings. The Morgan fingerprint density at radius 3 is 2.38 bits per heavy atom. The summed E-state index contributed by atoms with van der Waals surface area (Å²) in [6.45, 7) is 4.71. The highest BCUT2D eigenvalue weighted by molar-refractivity contribution is 7.92. The molecule has 39 heavy (non-hydrogen) atoms. The van der Waals surface area contributed by atoms with Crippen LogP contribution in [0.15, 0.2) is 71.9 Å². The number of aromatic nitrogens is 2. The summed E-state index contributed by atoms with van der Waals surface area (Å²) in [4.78, 5) is 17.2. The number of aliphatic hydroxyl groups is 1. The van der Waals surface area contributed by atoms with Gasteiger partial charge in [0.25, 0.3) is 10.0 Å². The van der Waals surface area contributed by atoms with Crippen molar-refractivity contribution in [1.29, 1.82) is 0 Å². The number of hydrogen-bond acceptors (Lipinski definition) is 6. The van der Waals surface area contributed by atoms with Crippen molar-refractivity contribution in [1.82, 2.24) is 9.55 Å². The number of ether oxygens (including phenoxy) is 1. The normalized spacial score (nSPS) is 12.1. The molecule has 1 N–H and O–H groups in total. The molecule has 0 unspecified atom stereocenters. The summed E-state index contributed by atoms with van der Waals surface area (Å²) in [6, 6.07) is 14.8. The van der Waals surface area contributed by atoms with Crippen LogP contribution >= 0.6 is 23.2 Å². The van der Waals surface area contributed by atoms with E-state index in [4.69, 9.17) is 33.0 Å². The van der Waals surface area contributed by atoms with E-state index in [-0.39, 0.29) is 27.2 Å². The molecule has 0 spiro atoms. The number of rotatable bonds is 9. The fourth-order valence-corrected chi connectivity index (χ4v) is 6.21. The van der Waals surface area contributed by atoms with Crippen LogP contribution in [0.1, 0.15) is 32.8 Å². The number of carbonyl (C=O) groups is 1. The highest BCUT2D eigenvalue weighted by atomic mass is 35.5. The van der Waals surface area contributed by atoms with Crippen LogP contribution in [0, 0.1) is 0 Å². The Labute approximate surface area is 237 Å².